The average Bonchev–Trinajstić information content (AvgIpc) is 3.87. The molecule has 0 radical (unpaired) electrons. The standard InChI is InChI=1S/C76H44F2/c77-49-37-33-47(34-38-49)67-59-25-11-13-27-61(59)71(55-23-9-7-21-51(55)45-17-3-1-4-18-45)75-65-43-41-53(57-29-15-31-63(69(57)65)73(67)75)54-42-44-66-70-58(54)30-16-32-64(70)74-68(48-35-39-50(78)40-36-48)60-26-12-14-28-62(60)72(76(66)74)56-24-10-8-22-52(56)46-19-5-2-6-20-46/h1-44H. The summed E-state index contributed by atoms with van der Waals surface area (Å²) in [6.07, 6.45) is 0. The van der Waals surface area contributed by atoms with E-state index in [4.69, 9.17) is 0 Å². The zero-order valence-electron chi connectivity index (χ0n) is 42.2. The summed E-state index contributed by atoms with van der Waals surface area (Å²) in [6, 6.07) is 93.6. The fourth-order valence-electron chi connectivity index (χ4n) is 13.6. The second kappa shape index (κ2) is 17.3. The van der Waals surface area contributed by atoms with Crippen LogP contribution in [0.1, 0.15) is 0 Å². The molecule has 0 atom stereocenters. The van der Waals surface area contributed by atoms with Crippen molar-refractivity contribution >= 4 is 43.1 Å². The summed E-state index contributed by atoms with van der Waals surface area (Å²) in [6.45, 7) is 0. The van der Waals surface area contributed by atoms with Crippen LogP contribution in [0, 0.1) is 11.6 Å². The van der Waals surface area contributed by atoms with Crippen LogP contribution in [0.5, 0.6) is 0 Å². The number of halogens is 2. The van der Waals surface area contributed by atoms with Crippen molar-refractivity contribution in [2.24, 2.45) is 0 Å². The monoisotopic (exact) mass is 994 g/mol. The molecule has 0 heterocycles. The van der Waals surface area contributed by atoms with Gasteiger partial charge >= 0.3 is 0 Å². The van der Waals surface area contributed by atoms with Gasteiger partial charge in [0.05, 0.1) is 0 Å². The van der Waals surface area contributed by atoms with Crippen LogP contribution in [0.3, 0.4) is 0 Å². The van der Waals surface area contributed by atoms with Crippen molar-refractivity contribution in [3.8, 4) is 122 Å². The summed E-state index contributed by atoms with van der Waals surface area (Å²) < 4.78 is 29.7. The van der Waals surface area contributed by atoms with Gasteiger partial charge in [-0.2, -0.15) is 0 Å². The van der Waals surface area contributed by atoms with Crippen molar-refractivity contribution in [1.29, 1.82) is 0 Å². The Bertz CT molecular complexity index is 4510. The minimum Gasteiger partial charge on any atom is -0.207 e. The van der Waals surface area contributed by atoms with Gasteiger partial charge in [0.25, 0.3) is 0 Å². The topological polar surface area (TPSA) is 0 Å². The highest BCUT2D eigenvalue weighted by Crippen LogP contribution is 2.62. The van der Waals surface area contributed by atoms with Gasteiger partial charge < -0.3 is 0 Å². The first-order valence-corrected chi connectivity index (χ1v) is 26.7. The lowest BCUT2D eigenvalue weighted by atomic mass is 9.81. The number of rotatable bonds is 7. The van der Waals surface area contributed by atoms with Crippen LogP contribution >= 0.6 is 0 Å². The van der Waals surface area contributed by atoms with Crippen molar-refractivity contribution in [2.45, 2.75) is 0 Å². The quantitative estimate of drug-likeness (QED) is 0.149. The Morgan fingerprint density at radius 3 is 0.833 bits per heavy atom. The first-order chi connectivity index (χ1) is 38.6. The number of fused-ring (bicyclic) bond motifs is 8. The first-order valence-electron chi connectivity index (χ1n) is 26.7. The maximum atomic E-state index is 14.9. The van der Waals surface area contributed by atoms with Crippen molar-refractivity contribution in [1.82, 2.24) is 0 Å². The summed E-state index contributed by atoms with van der Waals surface area (Å²) in [5, 5.41) is 9.29. The highest BCUT2D eigenvalue weighted by Gasteiger charge is 2.35. The minimum atomic E-state index is -0.259. The zero-order valence-corrected chi connectivity index (χ0v) is 42.2. The van der Waals surface area contributed by atoms with E-state index in [0.717, 1.165) is 88.3 Å². The Hall–Kier alpha value is -10.0. The molecule has 2 aliphatic rings. The Kier molecular flexibility index (Phi) is 9.80. The van der Waals surface area contributed by atoms with E-state index in [2.05, 4.69) is 218 Å². The maximum Gasteiger partial charge on any atom is 0.123 e. The van der Waals surface area contributed by atoms with E-state index in [1.807, 2.05) is 24.3 Å². The van der Waals surface area contributed by atoms with Crippen molar-refractivity contribution < 1.29 is 8.78 Å². The SMILES string of the molecule is Fc1ccc(-c2c3c(c(-c4ccccc4-c4ccccc4)c4ccccc24)-c2ccc(-c4ccc5c6c(cccc46)-c4c-5c(-c5ccccc5-c5ccccc5)c5ccccc5c4-c4ccc(F)cc4)c4cccc-3c24)cc1. The van der Waals surface area contributed by atoms with Crippen LogP contribution in [-0.2, 0) is 0 Å². The van der Waals surface area contributed by atoms with E-state index in [0.29, 0.717) is 0 Å². The lowest BCUT2D eigenvalue weighted by molar-refractivity contribution is 0.627. The molecule has 0 fully saturated rings. The van der Waals surface area contributed by atoms with Gasteiger partial charge in [-0.1, -0.05) is 243 Å². The Labute approximate surface area is 450 Å². The molecule has 0 nitrogen and oxygen atoms in total. The van der Waals surface area contributed by atoms with Crippen LogP contribution in [0.15, 0.2) is 267 Å². The predicted molar refractivity (Wildman–Crippen MR) is 323 cm³/mol. The third-order valence-corrected chi connectivity index (χ3v) is 16.7. The Morgan fingerprint density at radius 1 is 0.154 bits per heavy atom. The van der Waals surface area contributed by atoms with Gasteiger partial charge in [0.2, 0.25) is 0 Å². The number of hydrogen-bond donors (Lipinski definition) is 0. The molecule has 0 aromatic heterocycles. The van der Waals surface area contributed by atoms with E-state index in [-0.39, 0.29) is 11.6 Å². The molecule has 0 aliphatic heterocycles. The predicted octanol–water partition coefficient (Wildman–Crippen LogP) is 21.5. The van der Waals surface area contributed by atoms with Gasteiger partial charge in [-0.15, -0.1) is 0 Å². The second-order valence-electron chi connectivity index (χ2n) is 20.7. The average molecular weight is 995 g/mol. The molecule has 78 heavy (non-hydrogen) atoms. The molecule has 0 saturated heterocycles. The summed E-state index contributed by atoms with van der Waals surface area (Å²) in [5.41, 5.74) is 25.2. The molecule has 14 aromatic rings. The molecular formula is C76H44F2. The fraction of sp³-hybridized carbons (Fsp3) is 0. The lowest BCUT2D eigenvalue weighted by Crippen LogP contribution is -1.95. The van der Waals surface area contributed by atoms with Gasteiger partial charge in [0.15, 0.2) is 0 Å². The van der Waals surface area contributed by atoms with Crippen LogP contribution in [-0.4, -0.2) is 0 Å². The lowest BCUT2D eigenvalue weighted by Gasteiger charge is -2.22. The highest BCUT2D eigenvalue weighted by atomic mass is 19.1. The van der Waals surface area contributed by atoms with Crippen molar-refractivity contribution in [3.05, 3.63) is 279 Å². The third kappa shape index (κ3) is 6.44. The first kappa shape index (κ1) is 44.3. The largest absolute Gasteiger partial charge is 0.207 e. The molecule has 0 spiro atoms. The second-order valence-corrected chi connectivity index (χ2v) is 20.7. The molecule has 14 aromatic carbocycles. The molecule has 0 unspecified atom stereocenters. The molecule has 0 N–H and O–H groups in total. The fourth-order valence-corrected chi connectivity index (χ4v) is 13.6. The molecule has 2 aliphatic carbocycles. The van der Waals surface area contributed by atoms with Crippen LogP contribution < -0.4 is 0 Å². The van der Waals surface area contributed by atoms with Gasteiger partial charge in [-0.3, -0.25) is 0 Å². The van der Waals surface area contributed by atoms with Crippen LogP contribution in [0.4, 0.5) is 8.78 Å². The summed E-state index contributed by atoms with van der Waals surface area (Å²) in [7, 11) is 0. The summed E-state index contributed by atoms with van der Waals surface area (Å²) >= 11 is 0. The van der Waals surface area contributed by atoms with Gasteiger partial charge in [-0.05, 0) is 190 Å². The normalized spacial score (nSPS) is 12.0. The van der Waals surface area contributed by atoms with Crippen LogP contribution in [0.25, 0.3) is 165 Å². The highest BCUT2D eigenvalue weighted by molar-refractivity contribution is 6.32. The van der Waals surface area contributed by atoms with Gasteiger partial charge in [-0.25, -0.2) is 8.78 Å². The Balaban J connectivity index is 0.981. The summed E-state index contributed by atoms with van der Waals surface area (Å²) in [4.78, 5) is 0. The molecule has 0 amide bonds. The van der Waals surface area contributed by atoms with E-state index in [1.165, 1.54) is 77.2 Å². The van der Waals surface area contributed by atoms with E-state index >= 15 is 0 Å². The van der Waals surface area contributed by atoms with Gasteiger partial charge in [0.1, 0.15) is 11.6 Å². The van der Waals surface area contributed by atoms with E-state index < -0.39 is 0 Å². The number of hydrogen-bond acceptors (Lipinski definition) is 0. The molecule has 16 rings (SSSR count). The molecule has 2 heteroatoms. The van der Waals surface area contributed by atoms with E-state index in [9.17, 15) is 8.78 Å². The van der Waals surface area contributed by atoms with Crippen LogP contribution in [0.2, 0.25) is 0 Å². The maximum absolute atomic E-state index is 14.9. The van der Waals surface area contributed by atoms with E-state index in [1.54, 1.807) is 24.3 Å². The molecule has 0 saturated carbocycles. The third-order valence-electron chi connectivity index (χ3n) is 16.7. The molecule has 362 valence electrons. The number of benzene rings is 14. The summed E-state index contributed by atoms with van der Waals surface area (Å²) in [5.74, 6) is -0.519. The zero-order chi connectivity index (χ0) is 51.6. The Morgan fingerprint density at radius 2 is 0.436 bits per heavy atom. The van der Waals surface area contributed by atoms with Gasteiger partial charge in [0, 0.05) is 0 Å². The smallest absolute Gasteiger partial charge is 0.123 e. The minimum absolute atomic E-state index is 0.259. The van der Waals surface area contributed by atoms with Crippen molar-refractivity contribution in [3.63, 3.8) is 0 Å². The molecular weight excluding hydrogens is 951 g/mol. The van der Waals surface area contributed by atoms with Crippen molar-refractivity contribution in [2.75, 3.05) is 0 Å². The molecule has 0 bridgehead atoms.